The number of esters is 3. The number of pyridine rings is 1. The van der Waals surface area contributed by atoms with Crippen LogP contribution in [0.1, 0.15) is 51.3 Å². The van der Waals surface area contributed by atoms with Crippen molar-refractivity contribution in [2.24, 2.45) is 5.41 Å². The number of rotatable bonds is 12. The molecule has 214 valence electrons. The summed E-state index contributed by atoms with van der Waals surface area (Å²) in [6, 6.07) is 14.5. The van der Waals surface area contributed by atoms with Crippen molar-refractivity contribution in [2.75, 3.05) is 13.2 Å². The first-order chi connectivity index (χ1) is 19.5. The molecule has 1 atom stereocenters. The lowest BCUT2D eigenvalue weighted by atomic mass is 9.86. The topological polar surface area (TPSA) is 178 Å². The molecule has 1 aromatic heterocycles. The van der Waals surface area contributed by atoms with Gasteiger partial charge in [-0.05, 0) is 36.4 Å². The number of aliphatic hydroxyl groups is 1. The number of amides is 1. The minimum Gasteiger partial charge on any atom is -0.481 e. The molecule has 0 aliphatic carbocycles. The van der Waals surface area contributed by atoms with Crippen molar-refractivity contribution in [2.45, 2.75) is 26.4 Å². The molecule has 3 aromatic rings. The number of ether oxygens (including phenoxy) is 3. The fraction of sp³-hybridized carbons (Fsp3) is 0.241. The smallest absolute Gasteiger partial charge is 0.347 e. The first-order valence-corrected chi connectivity index (χ1v) is 12.4. The minimum absolute atomic E-state index is 0.0887. The molecule has 0 unspecified atom stereocenters. The van der Waals surface area contributed by atoms with Gasteiger partial charge >= 0.3 is 23.9 Å². The van der Waals surface area contributed by atoms with E-state index in [1.54, 1.807) is 12.1 Å². The first kappa shape index (κ1) is 30.4. The zero-order chi connectivity index (χ0) is 30.0. The van der Waals surface area contributed by atoms with Gasteiger partial charge in [0.2, 0.25) is 0 Å². The van der Waals surface area contributed by atoms with Crippen molar-refractivity contribution in [3.63, 3.8) is 0 Å². The minimum atomic E-state index is -1.51. The molecule has 1 heterocycles. The van der Waals surface area contributed by atoms with Gasteiger partial charge in [-0.3, -0.25) is 14.6 Å². The van der Waals surface area contributed by atoms with E-state index in [1.807, 2.05) is 0 Å². The van der Waals surface area contributed by atoms with E-state index >= 15 is 0 Å². The van der Waals surface area contributed by atoms with Crippen LogP contribution in [-0.2, 0) is 14.3 Å². The zero-order valence-electron chi connectivity index (χ0n) is 22.2. The largest absolute Gasteiger partial charge is 0.481 e. The molecule has 41 heavy (non-hydrogen) atoms. The number of aliphatic hydroxyl groups excluding tert-OH is 1. The summed E-state index contributed by atoms with van der Waals surface area (Å²) in [5.74, 6) is -4.97. The van der Waals surface area contributed by atoms with Crippen LogP contribution in [0.3, 0.4) is 0 Å². The molecule has 0 saturated carbocycles. The van der Waals surface area contributed by atoms with E-state index in [0.717, 1.165) is 0 Å². The van der Waals surface area contributed by atoms with Gasteiger partial charge in [-0.25, -0.2) is 14.4 Å². The highest BCUT2D eigenvalue weighted by atomic mass is 16.6. The van der Waals surface area contributed by atoms with Gasteiger partial charge in [0.1, 0.15) is 22.6 Å². The Hall–Kier alpha value is -5.10. The van der Waals surface area contributed by atoms with E-state index in [2.05, 4.69) is 10.3 Å². The maximum Gasteiger partial charge on any atom is 0.347 e. The normalized spacial score (nSPS) is 11.6. The van der Waals surface area contributed by atoms with Gasteiger partial charge in [0.05, 0.1) is 18.6 Å². The summed E-state index contributed by atoms with van der Waals surface area (Å²) >= 11 is 0. The van der Waals surface area contributed by atoms with Crippen molar-refractivity contribution in [3.05, 3.63) is 89.7 Å². The van der Waals surface area contributed by atoms with E-state index in [-0.39, 0.29) is 41.2 Å². The Bertz CT molecular complexity index is 1420. The lowest BCUT2D eigenvalue weighted by molar-refractivity contribution is -0.139. The number of nitrogens with one attached hydrogen (secondary N) is 1. The second-order valence-electron chi connectivity index (χ2n) is 9.38. The van der Waals surface area contributed by atoms with Crippen molar-refractivity contribution in [3.8, 4) is 11.5 Å². The third-order valence-corrected chi connectivity index (χ3v) is 5.73. The number of aliphatic carboxylic acids is 1. The summed E-state index contributed by atoms with van der Waals surface area (Å²) in [4.78, 5) is 66.2. The van der Waals surface area contributed by atoms with Crippen molar-refractivity contribution in [1.29, 1.82) is 0 Å². The molecule has 2 aromatic carbocycles. The summed E-state index contributed by atoms with van der Waals surface area (Å²) in [7, 11) is 0. The SMILES string of the molecule is CC(C)(CO)[C@@H](OC(=O)c1ccccc1OC(=O)c1ccccc1OC(=O)c1cccnc1)C(=O)NCCC(=O)O. The summed E-state index contributed by atoms with van der Waals surface area (Å²) in [5.41, 5.74) is -1.39. The van der Waals surface area contributed by atoms with Crippen LogP contribution >= 0.6 is 0 Å². The third-order valence-electron chi connectivity index (χ3n) is 5.73. The van der Waals surface area contributed by atoms with Crippen LogP contribution in [-0.4, -0.2) is 64.2 Å². The molecule has 3 N–H and O–H groups in total. The average molecular weight is 565 g/mol. The van der Waals surface area contributed by atoms with Crippen molar-refractivity contribution in [1.82, 2.24) is 10.3 Å². The fourth-order valence-corrected chi connectivity index (χ4v) is 3.45. The second-order valence-corrected chi connectivity index (χ2v) is 9.38. The Labute approximate surface area is 234 Å². The highest BCUT2D eigenvalue weighted by molar-refractivity contribution is 5.99. The van der Waals surface area contributed by atoms with Crippen LogP contribution in [0.15, 0.2) is 73.1 Å². The third kappa shape index (κ3) is 8.19. The van der Waals surface area contributed by atoms with Crippen LogP contribution in [0.5, 0.6) is 11.5 Å². The highest BCUT2D eigenvalue weighted by Crippen LogP contribution is 2.28. The van der Waals surface area contributed by atoms with Crippen LogP contribution in [0.2, 0.25) is 0 Å². The molecule has 0 radical (unpaired) electrons. The second kappa shape index (κ2) is 13.8. The number of nitrogens with zero attached hydrogens (tertiary/aromatic N) is 1. The Morgan fingerprint density at radius 1 is 0.854 bits per heavy atom. The molecule has 0 aliphatic rings. The molecule has 0 fully saturated rings. The molecule has 3 rings (SSSR count). The Kier molecular flexibility index (Phi) is 10.3. The monoisotopic (exact) mass is 564 g/mol. The number of benzene rings is 2. The number of aromatic nitrogens is 1. The van der Waals surface area contributed by atoms with Gasteiger partial charge in [0.15, 0.2) is 6.10 Å². The molecule has 12 nitrogen and oxygen atoms in total. The quantitative estimate of drug-likeness (QED) is 0.217. The van der Waals surface area contributed by atoms with Crippen LogP contribution in [0, 0.1) is 5.41 Å². The molecule has 1 amide bonds. The maximum atomic E-state index is 13.2. The van der Waals surface area contributed by atoms with Gasteiger partial charge in [-0.2, -0.15) is 0 Å². The van der Waals surface area contributed by atoms with Crippen LogP contribution < -0.4 is 14.8 Å². The maximum absolute atomic E-state index is 13.2. The number of carbonyl (C=O) groups is 5. The van der Waals surface area contributed by atoms with Crippen LogP contribution in [0.25, 0.3) is 0 Å². The molecule has 0 aliphatic heterocycles. The van der Waals surface area contributed by atoms with Gasteiger partial charge in [-0.1, -0.05) is 38.1 Å². The number of hydrogen-bond donors (Lipinski definition) is 3. The van der Waals surface area contributed by atoms with Crippen molar-refractivity contribution >= 4 is 29.8 Å². The fourth-order valence-electron chi connectivity index (χ4n) is 3.45. The molecule has 12 heteroatoms. The number of carboxylic acids is 1. The average Bonchev–Trinajstić information content (AvgIpc) is 2.96. The van der Waals surface area contributed by atoms with E-state index in [4.69, 9.17) is 19.3 Å². The van der Waals surface area contributed by atoms with Gasteiger partial charge in [0.25, 0.3) is 5.91 Å². The van der Waals surface area contributed by atoms with E-state index in [1.165, 1.54) is 74.8 Å². The Morgan fingerprint density at radius 2 is 1.44 bits per heavy atom. The summed E-state index contributed by atoms with van der Waals surface area (Å²) < 4.78 is 16.3. The van der Waals surface area contributed by atoms with E-state index in [0.29, 0.717) is 0 Å². The van der Waals surface area contributed by atoms with Crippen molar-refractivity contribution < 1.29 is 48.4 Å². The molecule has 0 saturated heterocycles. The van der Waals surface area contributed by atoms with E-state index in [9.17, 15) is 29.1 Å². The summed E-state index contributed by atoms with van der Waals surface area (Å²) in [6.45, 7) is 2.21. The lowest BCUT2D eigenvalue weighted by Crippen LogP contribution is -2.48. The number of carbonyl (C=O) groups excluding carboxylic acids is 4. The Balaban J connectivity index is 1.81. The number of carboxylic acid groups (broad SMARTS) is 1. The van der Waals surface area contributed by atoms with Gasteiger partial charge < -0.3 is 29.7 Å². The van der Waals surface area contributed by atoms with Gasteiger partial charge in [-0.15, -0.1) is 0 Å². The zero-order valence-corrected chi connectivity index (χ0v) is 22.2. The number of para-hydroxylation sites is 2. The summed E-state index contributed by atoms with van der Waals surface area (Å²) in [6.07, 6.45) is 0.931. The Morgan fingerprint density at radius 3 is 2.00 bits per heavy atom. The molecular weight excluding hydrogens is 536 g/mol. The number of hydrogen-bond acceptors (Lipinski definition) is 10. The molecule has 0 spiro atoms. The lowest BCUT2D eigenvalue weighted by Gasteiger charge is -2.31. The summed E-state index contributed by atoms with van der Waals surface area (Å²) in [5, 5.41) is 21.0. The predicted octanol–water partition coefficient (Wildman–Crippen LogP) is 2.65. The molecular formula is C29H28N2O10. The predicted molar refractivity (Wildman–Crippen MR) is 142 cm³/mol. The first-order valence-electron chi connectivity index (χ1n) is 12.4. The van der Waals surface area contributed by atoms with E-state index < -0.39 is 47.9 Å². The van der Waals surface area contributed by atoms with Crippen LogP contribution in [0.4, 0.5) is 0 Å². The molecule has 0 bridgehead atoms. The standard InChI is InChI=1S/C29H28N2O10/c1-29(2,17-32)24(25(35)31-15-13-23(33)34)41-28(38)20-10-4-6-12-22(20)40-27(37)19-9-3-5-11-21(19)39-26(36)18-8-7-14-30-16-18/h3-12,14,16,24,32H,13,15,17H2,1-2H3,(H,31,35)(H,33,34)/t24-/m0/s1. The highest BCUT2D eigenvalue weighted by Gasteiger charge is 2.39. The van der Waals surface area contributed by atoms with Gasteiger partial charge in [0, 0.05) is 24.4 Å².